The van der Waals surface area contributed by atoms with Crippen molar-refractivity contribution in [3.8, 4) is 5.75 Å². The Balaban J connectivity index is 1.58. The summed E-state index contributed by atoms with van der Waals surface area (Å²) in [4.78, 5) is 12.2. The Morgan fingerprint density at radius 3 is 2.88 bits per heavy atom. The van der Waals surface area contributed by atoms with E-state index in [1.807, 2.05) is 30.3 Å². The number of anilines is 1. The minimum atomic E-state index is -0.542. The van der Waals surface area contributed by atoms with Gasteiger partial charge >= 0.3 is 0 Å². The number of para-hydroxylation sites is 1. The van der Waals surface area contributed by atoms with Crippen molar-refractivity contribution in [2.45, 2.75) is 26.5 Å². The van der Waals surface area contributed by atoms with Gasteiger partial charge in [0, 0.05) is 6.07 Å². The number of carbonyl (C=O) groups excluding carboxylic acids is 1. The molecule has 0 spiro atoms. The molecular weight excluding hydrogens is 310 g/mol. The average molecular weight is 327 g/mol. The van der Waals surface area contributed by atoms with Crippen LogP contribution in [0.15, 0.2) is 47.1 Å². The van der Waals surface area contributed by atoms with Crippen LogP contribution in [-0.2, 0) is 11.4 Å². The van der Waals surface area contributed by atoms with Gasteiger partial charge in [0.15, 0.2) is 5.82 Å². The van der Waals surface area contributed by atoms with E-state index in [9.17, 15) is 4.79 Å². The molecule has 0 fully saturated rings. The monoisotopic (exact) mass is 327 g/mol. The maximum Gasteiger partial charge on any atom is 0.250 e. The molecule has 3 aromatic rings. The summed E-state index contributed by atoms with van der Waals surface area (Å²) in [6.45, 7) is 3.75. The normalized spacial score (nSPS) is 11.9. The lowest BCUT2D eigenvalue weighted by Crippen LogP contribution is -2.24. The van der Waals surface area contributed by atoms with Crippen molar-refractivity contribution < 1.29 is 14.1 Å². The molecule has 0 saturated heterocycles. The van der Waals surface area contributed by atoms with Gasteiger partial charge in [-0.3, -0.25) is 4.79 Å². The molecule has 3 rings (SSSR count). The Hall–Kier alpha value is -3.16. The fraction of sp³-hybridized carbons (Fsp3) is 0.250. The van der Waals surface area contributed by atoms with Gasteiger partial charge in [-0.2, -0.15) is 0 Å². The summed E-state index contributed by atoms with van der Waals surface area (Å²) in [7, 11) is 0. The van der Waals surface area contributed by atoms with Crippen LogP contribution in [0, 0.1) is 6.92 Å². The van der Waals surface area contributed by atoms with Crippen LogP contribution in [-0.4, -0.2) is 26.1 Å². The number of aromatic nitrogens is 4. The fourth-order valence-corrected chi connectivity index (χ4v) is 2.02. The van der Waals surface area contributed by atoms with Crippen LogP contribution in [0.1, 0.15) is 24.4 Å². The van der Waals surface area contributed by atoms with E-state index in [-0.39, 0.29) is 12.5 Å². The molecule has 0 aliphatic heterocycles. The minimum Gasteiger partial charge on any atom is -0.487 e. The third kappa shape index (κ3) is 3.78. The third-order valence-corrected chi connectivity index (χ3v) is 3.34. The Kier molecular flexibility index (Phi) is 4.55. The van der Waals surface area contributed by atoms with Crippen LogP contribution < -0.4 is 10.1 Å². The molecule has 1 atom stereocenters. The lowest BCUT2D eigenvalue weighted by Gasteiger charge is -2.09. The van der Waals surface area contributed by atoms with E-state index in [2.05, 4.69) is 20.8 Å². The second-order valence-electron chi connectivity index (χ2n) is 5.28. The molecule has 1 N–H and O–H groups in total. The number of ether oxygens (including phenoxy) is 1. The first-order chi connectivity index (χ1) is 11.6. The topological polar surface area (TPSA) is 95.1 Å². The van der Waals surface area contributed by atoms with Crippen molar-refractivity contribution >= 4 is 11.7 Å². The predicted octanol–water partition coefficient (Wildman–Crippen LogP) is 2.35. The highest BCUT2D eigenvalue weighted by Gasteiger charge is 2.18. The van der Waals surface area contributed by atoms with Crippen molar-refractivity contribution in [3.05, 3.63) is 54.0 Å². The number of carbonyl (C=O) groups is 1. The summed E-state index contributed by atoms with van der Waals surface area (Å²) < 4.78 is 12.0. The molecule has 1 amide bonds. The standard InChI is InChI=1S/C16H17N5O3/c1-11-8-15(19-24-11)17-16(22)12(2)21-9-13(18-20-21)10-23-14-6-4-3-5-7-14/h3-9,12H,10H2,1-2H3,(H,17,19,22)/t12-/m1/s1. The van der Waals surface area contributed by atoms with Gasteiger partial charge in [-0.15, -0.1) is 5.10 Å². The number of amides is 1. The van der Waals surface area contributed by atoms with Gasteiger partial charge in [0.05, 0.1) is 6.20 Å². The number of benzene rings is 1. The predicted molar refractivity (Wildman–Crippen MR) is 85.4 cm³/mol. The van der Waals surface area contributed by atoms with E-state index in [0.717, 1.165) is 5.75 Å². The highest BCUT2D eigenvalue weighted by Crippen LogP contribution is 2.13. The lowest BCUT2D eigenvalue weighted by atomic mass is 10.3. The molecule has 0 saturated carbocycles. The van der Waals surface area contributed by atoms with Crippen LogP contribution in [0.2, 0.25) is 0 Å². The summed E-state index contributed by atoms with van der Waals surface area (Å²) in [6.07, 6.45) is 1.68. The fourth-order valence-electron chi connectivity index (χ4n) is 2.02. The van der Waals surface area contributed by atoms with Gasteiger partial charge in [0.1, 0.15) is 29.9 Å². The van der Waals surface area contributed by atoms with E-state index >= 15 is 0 Å². The largest absolute Gasteiger partial charge is 0.487 e. The number of hydrogen-bond donors (Lipinski definition) is 1. The molecule has 0 aliphatic rings. The smallest absolute Gasteiger partial charge is 0.250 e. The molecule has 2 heterocycles. The van der Waals surface area contributed by atoms with Crippen LogP contribution in [0.4, 0.5) is 5.82 Å². The average Bonchev–Trinajstić information content (AvgIpc) is 3.22. The second-order valence-corrected chi connectivity index (χ2v) is 5.28. The zero-order valence-electron chi connectivity index (χ0n) is 13.3. The molecule has 8 heteroatoms. The van der Waals surface area contributed by atoms with E-state index in [1.165, 1.54) is 4.68 Å². The molecule has 124 valence electrons. The first kappa shape index (κ1) is 15.7. The van der Waals surface area contributed by atoms with Crippen LogP contribution in [0.3, 0.4) is 0 Å². The van der Waals surface area contributed by atoms with Gasteiger partial charge in [-0.25, -0.2) is 4.68 Å². The lowest BCUT2D eigenvalue weighted by molar-refractivity contribution is -0.119. The zero-order chi connectivity index (χ0) is 16.9. The molecule has 2 aromatic heterocycles. The number of nitrogens with one attached hydrogen (secondary N) is 1. The van der Waals surface area contributed by atoms with E-state index in [1.54, 1.807) is 26.1 Å². The first-order valence-electron chi connectivity index (χ1n) is 7.44. The molecule has 8 nitrogen and oxygen atoms in total. The van der Waals surface area contributed by atoms with Crippen molar-refractivity contribution in [3.63, 3.8) is 0 Å². The zero-order valence-corrected chi connectivity index (χ0v) is 13.3. The summed E-state index contributed by atoms with van der Waals surface area (Å²) in [5, 5.41) is 14.4. The number of aryl methyl sites for hydroxylation is 1. The highest BCUT2D eigenvalue weighted by atomic mass is 16.5. The molecule has 0 radical (unpaired) electrons. The molecule has 0 unspecified atom stereocenters. The molecule has 0 bridgehead atoms. The van der Waals surface area contributed by atoms with Gasteiger partial charge in [-0.05, 0) is 26.0 Å². The Morgan fingerprint density at radius 2 is 2.17 bits per heavy atom. The molecule has 0 aliphatic carbocycles. The first-order valence-corrected chi connectivity index (χ1v) is 7.44. The quantitative estimate of drug-likeness (QED) is 0.747. The van der Waals surface area contributed by atoms with E-state index in [0.29, 0.717) is 17.3 Å². The van der Waals surface area contributed by atoms with E-state index in [4.69, 9.17) is 9.26 Å². The molecule has 24 heavy (non-hydrogen) atoms. The Labute approximate surface area is 138 Å². The van der Waals surface area contributed by atoms with Crippen molar-refractivity contribution in [1.82, 2.24) is 20.2 Å². The second kappa shape index (κ2) is 6.95. The number of nitrogens with zero attached hydrogens (tertiary/aromatic N) is 4. The van der Waals surface area contributed by atoms with Crippen LogP contribution >= 0.6 is 0 Å². The summed E-state index contributed by atoms with van der Waals surface area (Å²) >= 11 is 0. The van der Waals surface area contributed by atoms with Gasteiger partial charge in [-0.1, -0.05) is 28.6 Å². The van der Waals surface area contributed by atoms with Crippen molar-refractivity contribution in [2.24, 2.45) is 0 Å². The van der Waals surface area contributed by atoms with Crippen LogP contribution in [0.5, 0.6) is 5.75 Å². The maximum absolute atomic E-state index is 12.2. The van der Waals surface area contributed by atoms with Gasteiger partial charge in [0.2, 0.25) is 5.91 Å². The number of rotatable bonds is 6. The Bertz CT molecular complexity index is 812. The maximum atomic E-state index is 12.2. The Morgan fingerprint density at radius 1 is 1.38 bits per heavy atom. The third-order valence-electron chi connectivity index (χ3n) is 3.34. The van der Waals surface area contributed by atoms with Crippen molar-refractivity contribution in [2.75, 3.05) is 5.32 Å². The van der Waals surface area contributed by atoms with Gasteiger partial charge < -0.3 is 14.6 Å². The minimum absolute atomic E-state index is 0.260. The molecule has 1 aromatic carbocycles. The molecular formula is C16H17N5O3. The van der Waals surface area contributed by atoms with Crippen molar-refractivity contribution in [1.29, 1.82) is 0 Å². The van der Waals surface area contributed by atoms with Gasteiger partial charge in [0.25, 0.3) is 0 Å². The summed E-state index contributed by atoms with van der Waals surface area (Å²) in [5.74, 6) is 1.49. The SMILES string of the molecule is Cc1cc(NC(=O)[C@@H](C)n2cc(COc3ccccc3)nn2)no1. The van der Waals surface area contributed by atoms with E-state index < -0.39 is 6.04 Å². The highest BCUT2D eigenvalue weighted by molar-refractivity contribution is 5.92. The summed E-state index contributed by atoms with van der Waals surface area (Å²) in [5.41, 5.74) is 0.635. The number of hydrogen-bond acceptors (Lipinski definition) is 6. The van der Waals surface area contributed by atoms with Crippen LogP contribution in [0.25, 0.3) is 0 Å². The summed E-state index contributed by atoms with van der Waals surface area (Å²) in [6, 6.07) is 10.5.